The van der Waals surface area contributed by atoms with E-state index in [9.17, 15) is 9.59 Å². The molecule has 2 aliphatic heterocycles. The fourth-order valence-electron chi connectivity index (χ4n) is 3.81. The molecule has 0 aliphatic carbocycles. The number of aryl methyl sites for hydroxylation is 1. The molecule has 7 nitrogen and oxygen atoms in total. The van der Waals surface area contributed by atoms with Crippen LogP contribution in [-0.4, -0.2) is 84.5 Å². The molecule has 28 heavy (non-hydrogen) atoms. The average Bonchev–Trinajstić information content (AvgIpc) is 2.74. The first-order chi connectivity index (χ1) is 13.6. The van der Waals surface area contributed by atoms with Crippen LogP contribution in [0, 0.1) is 5.92 Å². The van der Waals surface area contributed by atoms with Crippen molar-refractivity contribution in [2.75, 3.05) is 53.0 Å². The molecular weight excluding hydrogens is 356 g/mol. The molecule has 154 valence electrons. The Labute approximate surface area is 167 Å². The first-order valence-corrected chi connectivity index (χ1v) is 10.3. The molecule has 1 unspecified atom stereocenters. The van der Waals surface area contributed by atoms with Gasteiger partial charge in [0.1, 0.15) is 0 Å². The minimum atomic E-state index is -0.123. The van der Waals surface area contributed by atoms with Gasteiger partial charge in [0, 0.05) is 52.4 Å². The molecule has 3 rings (SSSR count). The van der Waals surface area contributed by atoms with Crippen LogP contribution >= 0.6 is 0 Å². The number of ether oxygens (including phenoxy) is 1. The molecule has 2 fully saturated rings. The van der Waals surface area contributed by atoms with Gasteiger partial charge in [0.05, 0.1) is 31.4 Å². The summed E-state index contributed by atoms with van der Waals surface area (Å²) in [6, 6.07) is 4.05. The van der Waals surface area contributed by atoms with Crippen LogP contribution in [0.2, 0.25) is 0 Å². The molecule has 1 atom stereocenters. The monoisotopic (exact) mass is 388 g/mol. The van der Waals surface area contributed by atoms with Crippen molar-refractivity contribution in [2.24, 2.45) is 5.92 Å². The van der Waals surface area contributed by atoms with Crippen molar-refractivity contribution >= 4 is 11.8 Å². The zero-order valence-corrected chi connectivity index (χ0v) is 17.1. The molecule has 0 radical (unpaired) electrons. The lowest BCUT2D eigenvalue weighted by Gasteiger charge is -2.35. The van der Waals surface area contributed by atoms with Crippen molar-refractivity contribution in [1.29, 1.82) is 0 Å². The third-order valence-corrected chi connectivity index (χ3v) is 5.71. The van der Waals surface area contributed by atoms with E-state index in [1.165, 1.54) is 5.56 Å². The fourth-order valence-corrected chi connectivity index (χ4v) is 3.81. The lowest BCUT2D eigenvalue weighted by Crippen LogP contribution is -2.49. The number of carbonyl (C=O) groups excluding carboxylic acids is 2. The number of rotatable bonds is 7. The van der Waals surface area contributed by atoms with Gasteiger partial charge in [-0.05, 0) is 24.5 Å². The first-order valence-electron chi connectivity index (χ1n) is 10.3. The lowest BCUT2D eigenvalue weighted by atomic mass is 9.96. The van der Waals surface area contributed by atoms with Gasteiger partial charge < -0.3 is 14.5 Å². The molecule has 0 N–H and O–H groups in total. The molecular formula is C21H32N4O3. The summed E-state index contributed by atoms with van der Waals surface area (Å²) < 4.78 is 5.37. The summed E-state index contributed by atoms with van der Waals surface area (Å²) in [6.45, 7) is 8.00. The molecule has 3 heterocycles. The number of carbonyl (C=O) groups is 2. The SMILES string of the molecule is CCc1ccc(CN(C)C(=O)C2CCC(=O)N(CCN3CCOCC3)C2)nc1. The number of hydrogen-bond donors (Lipinski definition) is 0. The van der Waals surface area contributed by atoms with Crippen molar-refractivity contribution in [2.45, 2.75) is 32.7 Å². The topological polar surface area (TPSA) is 66.0 Å². The summed E-state index contributed by atoms with van der Waals surface area (Å²) in [5.41, 5.74) is 2.09. The molecule has 1 aromatic rings. The average molecular weight is 389 g/mol. The normalized spacial score (nSPS) is 21.0. The fraction of sp³-hybridized carbons (Fsp3) is 0.667. The number of amides is 2. The number of hydrogen-bond acceptors (Lipinski definition) is 5. The summed E-state index contributed by atoms with van der Waals surface area (Å²) in [5.74, 6) is 0.143. The maximum absolute atomic E-state index is 12.9. The van der Waals surface area contributed by atoms with Gasteiger partial charge in [0.15, 0.2) is 0 Å². The van der Waals surface area contributed by atoms with Gasteiger partial charge in [-0.15, -0.1) is 0 Å². The quantitative estimate of drug-likeness (QED) is 0.702. The van der Waals surface area contributed by atoms with Gasteiger partial charge in [0.2, 0.25) is 11.8 Å². The maximum Gasteiger partial charge on any atom is 0.227 e. The lowest BCUT2D eigenvalue weighted by molar-refractivity contribution is -0.142. The molecule has 0 spiro atoms. The summed E-state index contributed by atoms with van der Waals surface area (Å²) in [6.07, 6.45) is 3.92. The van der Waals surface area contributed by atoms with E-state index >= 15 is 0 Å². The molecule has 1 aromatic heterocycles. The second-order valence-corrected chi connectivity index (χ2v) is 7.74. The molecule has 2 saturated heterocycles. The van der Waals surface area contributed by atoms with E-state index < -0.39 is 0 Å². The number of nitrogens with zero attached hydrogens (tertiary/aromatic N) is 4. The Balaban J connectivity index is 1.51. The number of piperidine rings is 1. The second-order valence-electron chi connectivity index (χ2n) is 7.74. The van der Waals surface area contributed by atoms with Crippen molar-refractivity contribution in [3.8, 4) is 0 Å². The molecule has 0 saturated carbocycles. The Morgan fingerprint density at radius 3 is 2.75 bits per heavy atom. The van der Waals surface area contributed by atoms with Gasteiger partial charge in [0.25, 0.3) is 0 Å². The third-order valence-electron chi connectivity index (χ3n) is 5.71. The predicted octanol–water partition coefficient (Wildman–Crippen LogP) is 1.17. The number of likely N-dealkylation sites (tertiary alicyclic amines) is 1. The van der Waals surface area contributed by atoms with Crippen molar-refractivity contribution in [3.63, 3.8) is 0 Å². The highest BCUT2D eigenvalue weighted by Crippen LogP contribution is 2.20. The molecule has 2 amide bonds. The van der Waals surface area contributed by atoms with Gasteiger partial charge >= 0.3 is 0 Å². The number of pyridine rings is 1. The van der Waals surface area contributed by atoms with Crippen LogP contribution in [0.15, 0.2) is 18.3 Å². The number of aromatic nitrogens is 1. The highest BCUT2D eigenvalue weighted by atomic mass is 16.5. The van der Waals surface area contributed by atoms with E-state index in [0.29, 0.717) is 32.5 Å². The Kier molecular flexibility index (Phi) is 7.39. The van der Waals surface area contributed by atoms with Crippen molar-refractivity contribution < 1.29 is 14.3 Å². The molecule has 7 heteroatoms. The van der Waals surface area contributed by atoms with Crippen LogP contribution in [0.1, 0.15) is 31.0 Å². The summed E-state index contributed by atoms with van der Waals surface area (Å²) >= 11 is 0. The summed E-state index contributed by atoms with van der Waals surface area (Å²) in [7, 11) is 1.83. The highest BCUT2D eigenvalue weighted by Gasteiger charge is 2.32. The van der Waals surface area contributed by atoms with E-state index in [1.807, 2.05) is 24.2 Å². The Morgan fingerprint density at radius 2 is 2.07 bits per heavy atom. The predicted molar refractivity (Wildman–Crippen MR) is 107 cm³/mol. The second kappa shape index (κ2) is 9.98. The van der Waals surface area contributed by atoms with E-state index in [2.05, 4.69) is 22.9 Å². The zero-order valence-electron chi connectivity index (χ0n) is 17.1. The summed E-state index contributed by atoms with van der Waals surface area (Å²) in [4.78, 5) is 35.6. The smallest absolute Gasteiger partial charge is 0.227 e. The largest absolute Gasteiger partial charge is 0.379 e. The first kappa shape index (κ1) is 20.7. The van der Waals surface area contributed by atoms with Crippen LogP contribution in [0.3, 0.4) is 0 Å². The van der Waals surface area contributed by atoms with E-state index in [-0.39, 0.29) is 17.7 Å². The number of morpholine rings is 1. The summed E-state index contributed by atoms with van der Waals surface area (Å²) in [5, 5.41) is 0. The minimum Gasteiger partial charge on any atom is -0.379 e. The van der Waals surface area contributed by atoms with Crippen LogP contribution in [0.4, 0.5) is 0 Å². The van der Waals surface area contributed by atoms with Gasteiger partial charge in [-0.3, -0.25) is 19.5 Å². The van der Waals surface area contributed by atoms with Crippen LogP contribution in [0.5, 0.6) is 0 Å². The highest BCUT2D eigenvalue weighted by molar-refractivity contribution is 5.83. The molecule has 0 bridgehead atoms. The Bertz CT molecular complexity index is 658. The Hall–Kier alpha value is -1.99. The molecule has 2 aliphatic rings. The van der Waals surface area contributed by atoms with Crippen molar-refractivity contribution in [1.82, 2.24) is 19.7 Å². The van der Waals surface area contributed by atoms with E-state index in [0.717, 1.165) is 45.0 Å². The van der Waals surface area contributed by atoms with Gasteiger partial charge in [-0.1, -0.05) is 13.0 Å². The zero-order chi connectivity index (χ0) is 19.9. The van der Waals surface area contributed by atoms with E-state index in [1.54, 1.807) is 4.90 Å². The van der Waals surface area contributed by atoms with Gasteiger partial charge in [-0.2, -0.15) is 0 Å². The van der Waals surface area contributed by atoms with Crippen molar-refractivity contribution in [3.05, 3.63) is 29.6 Å². The van der Waals surface area contributed by atoms with Crippen LogP contribution in [0.25, 0.3) is 0 Å². The van der Waals surface area contributed by atoms with Gasteiger partial charge in [-0.25, -0.2) is 0 Å². The third kappa shape index (κ3) is 5.52. The molecule has 0 aromatic carbocycles. The standard InChI is InChI=1S/C21H32N4O3/c1-3-17-4-6-19(22-14-17)16-23(2)21(27)18-5-7-20(26)25(15-18)9-8-24-10-12-28-13-11-24/h4,6,14,18H,3,5,7-13,15-16H2,1-2H3. The van der Waals surface area contributed by atoms with E-state index in [4.69, 9.17) is 4.74 Å². The Morgan fingerprint density at radius 1 is 1.29 bits per heavy atom. The van der Waals surface area contributed by atoms with Crippen LogP contribution < -0.4 is 0 Å². The maximum atomic E-state index is 12.9. The van der Waals surface area contributed by atoms with Crippen LogP contribution in [-0.2, 0) is 27.3 Å². The minimum absolute atomic E-state index is 0.102.